The van der Waals surface area contributed by atoms with E-state index < -0.39 is 0 Å². The van der Waals surface area contributed by atoms with Gasteiger partial charge in [-0.15, -0.1) is 0 Å². The van der Waals surface area contributed by atoms with Crippen molar-refractivity contribution >= 4 is 17.6 Å². The van der Waals surface area contributed by atoms with Crippen molar-refractivity contribution < 1.29 is 18.7 Å². The standard InChI is InChI=1S/C16H19N3O4/c1-2-17-15(20)11-23-13-6-3-5-12(9-13)19-16(21)18-10-14-7-4-8-22-14/h3-9H,2,10-11H2,1H3,(H,17,20)(H2,18,19,21). The number of carbonyl (C=O) groups excluding carboxylic acids is 2. The number of likely N-dealkylation sites (N-methyl/N-ethyl adjacent to an activating group) is 1. The van der Waals surface area contributed by atoms with Gasteiger partial charge in [-0.3, -0.25) is 4.79 Å². The molecule has 1 aromatic carbocycles. The van der Waals surface area contributed by atoms with Gasteiger partial charge in [-0.25, -0.2) is 4.79 Å². The zero-order valence-corrected chi connectivity index (χ0v) is 12.8. The summed E-state index contributed by atoms with van der Waals surface area (Å²) in [5, 5.41) is 8.00. The molecule has 0 atom stereocenters. The Labute approximate surface area is 134 Å². The van der Waals surface area contributed by atoms with Crippen LogP contribution in [0.5, 0.6) is 5.75 Å². The van der Waals surface area contributed by atoms with Gasteiger partial charge in [0.1, 0.15) is 11.5 Å². The van der Waals surface area contributed by atoms with Crippen molar-refractivity contribution in [2.24, 2.45) is 0 Å². The molecular formula is C16H19N3O4. The Hall–Kier alpha value is -2.96. The van der Waals surface area contributed by atoms with E-state index in [1.807, 2.05) is 6.92 Å². The second-order valence-electron chi connectivity index (χ2n) is 4.66. The molecule has 3 N–H and O–H groups in total. The lowest BCUT2D eigenvalue weighted by Crippen LogP contribution is -2.28. The third-order valence-electron chi connectivity index (χ3n) is 2.84. The van der Waals surface area contributed by atoms with E-state index in [2.05, 4.69) is 16.0 Å². The second-order valence-corrected chi connectivity index (χ2v) is 4.66. The van der Waals surface area contributed by atoms with E-state index in [-0.39, 0.29) is 18.5 Å². The molecule has 0 saturated heterocycles. The van der Waals surface area contributed by atoms with E-state index in [1.165, 1.54) is 0 Å². The van der Waals surface area contributed by atoms with Crippen LogP contribution in [-0.4, -0.2) is 25.1 Å². The van der Waals surface area contributed by atoms with E-state index >= 15 is 0 Å². The lowest BCUT2D eigenvalue weighted by atomic mass is 10.3. The number of carbonyl (C=O) groups is 2. The van der Waals surface area contributed by atoms with Crippen LogP contribution >= 0.6 is 0 Å². The number of amides is 3. The lowest BCUT2D eigenvalue weighted by molar-refractivity contribution is -0.122. The van der Waals surface area contributed by atoms with Crippen molar-refractivity contribution in [3.8, 4) is 5.75 Å². The third kappa shape index (κ3) is 5.74. The first-order chi connectivity index (χ1) is 11.2. The van der Waals surface area contributed by atoms with Crippen LogP contribution in [0.15, 0.2) is 47.1 Å². The molecule has 122 valence electrons. The predicted octanol–water partition coefficient (Wildman–Crippen LogP) is 2.12. The third-order valence-corrected chi connectivity index (χ3v) is 2.84. The molecule has 0 aliphatic heterocycles. The maximum Gasteiger partial charge on any atom is 0.319 e. The van der Waals surface area contributed by atoms with E-state index in [4.69, 9.17) is 9.15 Å². The summed E-state index contributed by atoms with van der Waals surface area (Å²) in [5.41, 5.74) is 0.565. The molecule has 23 heavy (non-hydrogen) atoms. The molecule has 1 aromatic heterocycles. The summed E-state index contributed by atoms with van der Waals surface area (Å²) in [5.74, 6) is 0.973. The first-order valence-corrected chi connectivity index (χ1v) is 7.24. The molecule has 0 aliphatic rings. The molecule has 0 saturated carbocycles. The molecule has 2 aromatic rings. The molecule has 0 radical (unpaired) electrons. The van der Waals surface area contributed by atoms with E-state index in [1.54, 1.807) is 42.7 Å². The Morgan fingerprint density at radius 3 is 2.78 bits per heavy atom. The summed E-state index contributed by atoms with van der Waals surface area (Å²) >= 11 is 0. The van der Waals surface area contributed by atoms with Crippen molar-refractivity contribution in [2.45, 2.75) is 13.5 Å². The van der Waals surface area contributed by atoms with Gasteiger partial charge < -0.3 is 25.1 Å². The Morgan fingerprint density at radius 2 is 2.04 bits per heavy atom. The molecule has 0 spiro atoms. The average Bonchev–Trinajstić information content (AvgIpc) is 3.05. The Morgan fingerprint density at radius 1 is 1.17 bits per heavy atom. The number of anilines is 1. The highest BCUT2D eigenvalue weighted by molar-refractivity contribution is 5.89. The van der Waals surface area contributed by atoms with Crippen LogP contribution in [0.4, 0.5) is 10.5 Å². The van der Waals surface area contributed by atoms with E-state index in [0.29, 0.717) is 30.3 Å². The predicted molar refractivity (Wildman–Crippen MR) is 85.2 cm³/mol. The van der Waals surface area contributed by atoms with Crippen LogP contribution in [0.3, 0.4) is 0 Å². The number of ether oxygens (including phenoxy) is 1. The fourth-order valence-electron chi connectivity index (χ4n) is 1.82. The monoisotopic (exact) mass is 317 g/mol. The minimum atomic E-state index is -0.359. The topological polar surface area (TPSA) is 92.6 Å². The first kappa shape index (κ1) is 16.4. The molecule has 3 amide bonds. The zero-order valence-electron chi connectivity index (χ0n) is 12.8. The van der Waals surface area contributed by atoms with Crippen LogP contribution in [0.1, 0.15) is 12.7 Å². The van der Waals surface area contributed by atoms with Crippen LogP contribution in [0.2, 0.25) is 0 Å². The summed E-state index contributed by atoms with van der Waals surface area (Å²) in [4.78, 5) is 23.2. The van der Waals surface area contributed by atoms with Gasteiger partial charge in [0, 0.05) is 18.3 Å². The number of hydrogen-bond donors (Lipinski definition) is 3. The van der Waals surface area contributed by atoms with Crippen molar-refractivity contribution in [3.63, 3.8) is 0 Å². The number of hydrogen-bond acceptors (Lipinski definition) is 4. The van der Waals surface area contributed by atoms with Crippen molar-refractivity contribution in [2.75, 3.05) is 18.5 Å². The molecule has 7 heteroatoms. The van der Waals surface area contributed by atoms with Gasteiger partial charge in [0.05, 0.1) is 12.8 Å². The van der Waals surface area contributed by atoms with Crippen LogP contribution in [0.25, 0.3) is 0 Å². The number of rotatable bonds is 7. The summed E-state index contributed by atoms with van der Waals surface area (Å²) in [7, 11) is 0. The van der Waals surface area contributed by atoms with Gasteiger partial charge >= 0.3 is 6.03 Å². The van der Waals surface area contributed by atoms with Crippen LogP contribution in [0, 0.1) is 0 Å². The minimum Gasteiger partial charge on any atom is -0.484 e. The molecular weight excluding hydrogens is 298 g/mol. The smallest absolute Gasteiger partial charge is 0.319 e. The molecule has 0 unspecified atom stereocenters. The molecule has 7 nitrogen and oxygen atoms in total. The van der Waals surface area contributed by atoms with Crippen LogP contribution < -0.4 is 20.7 Å². The first-order valence-electron chi connectivity index (χ1n) is 7.24. The number of benzene rings is 1. The van der Waals surface area contributed by atoms with Gasteiger partial charge in [0.15, 0.2) is 6.61 Å². The van der Waals surface area contributed by atoms with Gasteiger partial charge in [0.25, 0.3) is 5.91 Å². The zero-order chi connectivity index (χ0) is 16.5. The molecule has 0 aliphatic carbocycles. The quantitative estimate of drug-likeness (QED) is 0.729. The Balaban J connectivity index is 1.81. The lowest BCUT2D eigenvalue weighted by Gasteiger charge is -2.09. The number of furan rings is 1. The number of urea groups is 1. The maximum atomic E-state index is 11.8. The van der Waals surface area contributed by atoms with Gasteiger partial charge in [0.2, 0.25) is 0 Å². The SMILES string of the molecule is CCNC(=O)COc1cccc(NC(=O)NCc2ccco2)c1. The molecule has 2 rings (SSSR count). The highest BCUT2D eigenvalue weighted by Crippen LogP contribution is 2.17. The summed E-state index contributed by atoms with van der Waals surface area (Å²) < 4.78 is 10.5. The fraction of sp³-hybridized carbons (Fsp3) is 0.250. The number of nitrogens with one attached hydrogen (secondary N) is 3. The van der Waals surface area contributed by atoms with Crippen molar-refractivity contribution in [1.29, 1.82) is 0 Å². The fourth-order valence-corrected chi connectivity index (χ4v) is 1.82. The van der Waals surface area contributed by atoms with E-state index in [0.717, 1.165) is 0 Å². The average molecular weight is 317 g/mol. The summed E-state index contributed by atoms with van der Waals surface area (Å²) in [6, 6.07) is 9.99. The van der Waals surface area contributed by atoms with Crippen molar-refractivity contribution in [3.05, 3.63) is 48.4 Å². The van der Waals surface area contributed by atoms with E-state index in [9.17, 15) is 9.59 Å². The summed E-state index contributed by atoms with van der Waals surface area (Å²) in [6.07, 6.45) is 1.55. The maximum absolute atomic E-state index is 11.8. The normalized spacial score (nSPS) is 9.96. The van der Waals surface area contributed by atoms with Crippen LogP contribution in [-0.2, 0) is 11.3 Å². The molecule has 0 fully saturated rings. The van der Waals surface area contributed by atoms with Gasteiger partial charge in [-0.1, -0.05) is 6.07 Å². The summed E-state index contributed by atoms with van der Waals surface area (Å²) in [6.45, 7) is 2.62. The largest absolute Gasteiger partial charge is 0.484 e. The van der Waals surface area contributed by atoms with Crippen molar-refractivity contribution in [1.82, 2.24) is 10.6 Å². The van der Waals surface area contributed by atoms with Gasteiger partial charge in [-0.05, 0) is 31.2 Å². The highest BCUT2D eigenvalue weighted by atomic mass is 16.5. The molecule has 1 heterocycles. The minimum absolute atomic E-state index is 0.0675. The van der Waals surface area contributed by atoms with Gasteiger partial charge in [-0.2, -0.15) is 0 Å². The molecule has 0 bridgehead atoms. The second kappa shape index (κ2) is 8.47. The highest BCUT2D eigenvalue weighted by Gasteiger charge is 2.05. The Kier molecular flexibility index (Phi) is 6.05. The Bertz CT molecular complexity index is 641.